The zero-order chi connectivity index (χ0) is 49.3. The van der Waals surface area contributed by atoms with E-state index in [2.05, 4.69) is 0 Å². The molecule has 6 aliphatic rings. The first-order chi connectivity index (χ1) is 31.8. The third-order valence-electron chi connectivity index (χ3n) is 12.4. The monoisotopic (exact) mass is 990 g/mol. The Bertz CT molecular complexity index is 1510. The molecular formula is C36H62O31. The van der Waals surface area contributed by atoms with Crippen molar-refractivity contribution in [3.8, 4) is 0 Å². The summed E-state index contributed by atoms with van der Waals surface area (Å²) in [5.74, 6) is 0. The molecule has 20 N–H and O–H groups in total. The van der Waals surface area contributed by atoms with Crippen LogP contribution in [0, 0.1) is 0 Å². The molecule has 6 heterocycles. The van der Waals surface area contributed by atoms with Gasteiger partial charge in [0.2, 0.25) is 0 Å². The van der Waals surface area contributed by atoms with Crippen molar-refractivity contribution in [3.05, 3.63) is 0 Å². The van der Waals surface area contributed by atoms with Gasteiger partial charge in [0.25, 0.3) is 0 Å². The molecule has 0 aliphatic carbocycles. The summed E-state index contributed by atoms with van der Waals surface area (Å²) in [7, 11) is 0. The van der Waals surface area contributed by atoms with E-state index in [0.717, 1.165) is 0 Å². The first-order valence-electron chi connectivity index (χ1n) is 21.1. The number of ether oxygens (including phenoxy) is 11. The van der Waals surface area contributed by atoms with Gasteiger partial charge in [-0.1, -0.05) is 0 Å². The minimum Gasteiger partial charge on any atom is -0.394 e. The SMILES string of the molecule is OCC1O[C@H](O[C@H]2C(CO)O[C@H](OC3[C@H]([C@H](O)CO)O[C@@H](O[C@@H]4C(O)[C@@H](O)OC(CO)[C@@H]4O[C@H]4OC(CO)[C@H](O)[C@H](O)C4O)[C@H]3O)C(O)[C@H]2O[C@@H]2O[C@@H]([C@H](O)CO)C(O)[C@@H]2O)C(O)[C@@H](O)[C@H]1O. The predicted molar refractivity (Wildman–Crippen MR) is 199 cm³/mol. The van der Waals surface area contributed by atoms with Crippen molar-refractivity contribution in [2.45, 2.75) is 184 Å². The first kappa shape index (κ1) is 55.1. The third kappa shape index (κ3) is 11.2. The van der Waals surface area contributed by atoms with Crippen molar-refractivity contribution in [1.82, 2.24) is 0 Å². The van der Waals surface area contributed by atoms with Gasteiger partial charge in [0.15, 0.2) is 37.7 Å². The molecule has 0 aromatic rings. The van der Waals surface area contributed by atoms with Crippen molar-refractivity contribution >= 4 is 0 Å². The molecule has 31 heteroatoms. The lowest BCUT2D eigenvalue weighted by atomic mass is 9.96. The molecule has 6 saturated heterocycles. The van der Waals surface area contributed by atoms with Crippen LogP contribution in [0.5, 0.6) is 0 Å². The maximum absolute atomic E-state index is 11.9. The van der Waals surface area contributed by atoms with Gasteiger partial charge in [-0.05, 0) is 0 Å². The molecule has 6 aliphatic heterocycles. The fourth-order valence-corrected chi connectivity index (χ4v) is 8.53. The summed E-state index contributed by atoms with van der Waals surface area (Å²) in [5.41, 5.74) is 0. The zero-order valence-corrected chi connectivity index (χ0v) is 35.0. The zero-order valence-electron chi connectivity index (χ0n) is 35.0. The average molecular weight is 991 g/mol. The van der Waals surface area contributed by atoms with Crippen LogP contribution in [0.1, 0.15) is 0 Å². The number of rotatable bonds is 18. The van der Waals surface area contributed by atoms with Gasteiger partial charge < -0.3 is 154 Å². The first-order valence-corrected chi connectivity index (χ1v) is 21.1. The smallest absolute Gasteiger partial charge is 0.187 e. The Labute approximate surface area is 378 Å². The fraction of sp³-hybridized carbons (Fsp3) is 1.00. The summed E-state index contributed by atoms with van der Waals surface area (Å²) < 4.78 is 62.1. The van der Waals surface area contributed by atoms with Crippen LogP contribution in [-0.2, 0) is 52.1 Å². The number of aliphatic hydroxyl groups excluding tert-OH is 20. The van der Waals surface area contributed by atoms with Gasteiger partial charge in [0.1, 0.15) is 146 Å². The summed E-state index contributed by atoms with van der Waals surface area (Å²) in [6.07, 6.45) is -58.4. The molecule has 30 atom stereocenters. The van der Waals surface area contributed by atoms with Crippen molar-refractivity contribution in [3.63, 3.8) is 0 Å². The quantitative estimate of drug-likeness (QED) is 0.0606. The highest BCUT2D eigenvalue weighted by Crippen LogP contribution is 2.39. The summed E-state index contributed by atoms with van der Waals surface area (Å²) in [5, 5.41) is 210. The average Bonchev–Trinajstić information content (AvgIpc) is 3.78. The van der Waals surface area contributed by atoms with E-state index < -0.39 is 224 Å². The molecule has 0 radical (unpaired) electrons. The molecule has 67 heavy (non-hydrogen) atoms. The minimum atomic E-state index is -2.29. The highest BCUT2D eigenvalue weighted by atomic mass is 16.8. The van der Waals surface area contributed by atoms with Gasteiger partial charge >= 0.3 is 0 Å². The molecule has 6 rings (SSSR count). The highest BCUT2D eigenvalue weighted by Gasteiger charge is 2.59. The second-order valence-corrected chi connectivity index (χ2v) is 16.8. The minimum absolute atomic E-state index is 0.888. The number of hydrogen-bond acceptors (Lipinski definition) is 31. The molecule has 10 unspecified atom stereocenters. The van der Waals surface area contributed by atoms with E-state index in [1.54, 1.807) is 0 Å². The molecule has 0 aromatic carbocycles. The Hall–Kier alpha value is -1.24. The normalized spacial score (nSPS) is 51.8. The molecule has 0 spiro atoms. The molecule has 0 bridgehead atoms. The van der Waals surface area contributed by atoms with E-state index in [0.29, 0.717) is 0 Å². The molecule has 6 fully saturated rings. The summed E-state index contributed by atoms with van der Waals surface area (Å²) >= 11 is 0. The van der Waals surface area contributed by atoms with Crippen LogP contribution in [-0.4, -0.2) is 326 Å². The number of aliphatic hydroxyl groups is 20. The topological polar surface area (TPSA) is 506 Å². The Balaban J connectivity index is 1.27. The Kier molecular flexibility index (Phi) is 19.4. The lowest BCUT2D eigenvalue weighted by Gasteiger charge is -2.48. The van der Waals surface area contributed by atoms with E-state index in [1.165, 1.54) is 0 Å². The maximum atomic E-state index is 11.9. The van der Waals surface area contributed by atoms with Crippen LogP contribution in [0.25, 0.3) is 0 Å². The largest absolute Gasteiger partial charge is 0.394 e. The van der Waals surface area contributed by atoms with E-state index in [4.69, 9.17) is 52.1 Å². The predicted octanol–water partition coefficient (Wildman–Crippen LogP) is -14.1. The molecular weight excluding hydrogens is 928 g/mol. The summed E-state index contributed by atoms with van der Waals surface area (Å²) in [6, 6.07) is 0. The van der Waals surface area contributed by atoms with E-state index in [-0.39, 0.29) is 0 Å². The maximum Gasteiger partial charge on any atom is 0.187 e. The Morgan fingerprint density at radius 3 is 1.10 bits per heavy atom. The van der Waals surface area contributed by atoms with Gasteiger partial charge in [-0.3, -0.25) is 0 Å². The van der Waals surface area contributed by atoms with E-state index >= 15 is 0 Å². The molecule has 31 nitrogen and oxygen atoms in total. The molecule has 0 saturated carbocycles. The van der Waals surface area contributed by atoms with Gasteiger partial charge in [0.05, 0.1) is 39.6 Å². The Morgan fingerprint density at radius 1 is 0.299 bits per heavy atom. The van der Waals surface area contributed by atoms with Crippen molar-refractivity contribution in [2.75, 3.05) is 39.6 Å². The van der Waals surface area contributed by atoms with Crippen molar-refractivity contribution in [2.24, 2.45) is 0 Å². The van der Waals surface area contributed by atoms with Crippen molar-refractivity contribution in [1.29, 1.82) is 0 Å². The van der Waals surface area contributed by atoms with Crippen LogP contribution in [0.15, 0.2) is 0 Å². The van der Waals surface area contributed by atoms with Crippen LogP contribution >= 0.6 is 0 Å². The molecule has 392 valence electrons. The number of hydrogen-bond donors (Lipinski definition) is 20. The van der Waals surface area contributed by atoms with Gasteiger partial charge in [-0.15, -0.1) is 0 Å². The van der Waals surface area contributed by atoms with Crippen LogP contribution in [0.4, 0.5) is 0 Å². The second kappa shape index (κ2) is 23.5. The van der Waals surface area contributed by atoms with Crippen LogP contribution < -0.4 is 0 Å². The molecule has 0 amide bonds. The Morgan fingerprint density at radius 2 is 0.627 bits per heavy atom. The van der Waals surface area contributed by atoms with Crippen molar-refractivity contribution < 1.29 is 154 Å². The molecule has 0 aromatic heterocycles. The second-order valence-electron chi connectivity index (χ2n) is 16.8. The summed E-state index contributed by atoms with van der Waals surface area (Å²) in [4.78, 5) is 0. The van der Waals surface area contributed by atoms with Crippen LogP contribution in [0.3, 0.4) is 0 Å². The lowest BCUT2D eigenvalue weighted by Crippen LogP contribution is -2.66. The standard InChI is InChI=1S/C36H62O31/c37-1-7(43)24-17(49)20(52)34(61-24)67-30-23(55)35(60-12(6-42)27(30)64-33-19(51)16(48)14(46)10(4-40)59-33)66-29-22(54)36(62-25(29)8(44)2-38)65-28-21(53)31(56)57-11(5-41)26(28)63-32-18(50)15(47)13(45)9(3-39)58-32/h7-56H,1-6H2/t7-,8-,9?,10?,11?,12?,13+,14+,15+,16+,17?,18?,19?,20+,21?,22+,23?,24+,25+,26+,27+,28-,29?,30-,31+,32-,33-,34+,35-,36+/m1/s1. The van der Waals surface area contributed by atoms with E-state index in [1.807, 2.05) is 0 Å². The third-order valence-corrected chi connectivity index (χ3v) is 12.4. The fourth-order valence-electron chi connectivity index (χ4n) is 8.53. The van der Waals surface area contributed by atoms with Gasteiger partial charge in [-0.2, -0.15) is 0 Å². The lowest BCUT2D eigenvalue weighted by molar-refractivity contribution is -0.380. The highest BCUT2D eigenvalue weighted by molar-refractivity contribution is 5.01. The van der Waals surface area contributed by atoms with Gasteiger partial charge in [-0.25, -0.2) is 0 Å². The van der Waals surface area contributed by atoms with E-state index in [9.17, 15) is 102 Å². The summed E-state index contributed by atoms with van der Waals surface area (Å²) in [6.45, 7) is -5.96. The van der Waals surface area contributed by atoms with Gasteiger partial charge in [0, 0.05) is 0 Å². The van der Waals surface area contributed by atoms with Crippen LogP contribution in [0.2, 0.25) is 0 Å².